The van der Waals surface area contributed by atoms with E-state index in [0.717, 1.165) is 35.7 Å². The Kier molecular flexibility index (Phi) is 8.92. The number of amides is 2. The topological polar surface area (TPSA) is 88.9 Å². The van der Waals surface area contributed by atoms with E-state index in [9.17, 15) is 9.59 Å². The Bertz CT molecular complexity index is 1180. The molecule has 2 heterocycles. The van der Waals surface area contributed by atoms with Crippen LogP contribution in [0.5, 0.6) is 5.75 Å². The van der Waals surface area contributed by atoms with Gasteiger partial charge in [0.05, 0.1) is 32.6 Å². The first-order chi connectivity index (χ1) is 18.0. The van der Waals surface area contributed by atoms with Gasteiger partial charge in [0.15, 0.2) is 0 Å². The van der Waals surface area contributed by atoms with Crippen LogP contribution in [-0.2, 0) is 14.3 Å². The third kappa shape index (κ3) is 6.96. The number of aryl methyl sites for hydroxylation is 1. The molecule has 2 aromatic carbocycles. The Morgan fingerprint density at radius 3 is 2.43 bits per heavy atom. The van der Waals surface area contributed by atoms with E-state index in [1.165, 1.54) is 0 Å². The summed E-state index contributed by atoms with van der Waals surface area (Å²) in [7, 11) is 1.63. The molecule has 1 saturated heterocycles. The van der Waals surface area contributed by atoms with Crippen molar-refractivity contribution < 1.29 is 19.1 Å². The molecule has 37 heavy (non-hydrogen) atoms. The smallest absolute Gasteiger partial charge is 0.246 e. The maximum absolute atomic E-state index is 13.2. The molecule has 0 radical (unpaired) electrons. The van der Waals surface area contributed by atoms with E-state index < -0.39 is 0 Å². The van der Waals surface area contributed by atoms with Crippen LogP contribution in [0.2, 0.25) is 0 Å². The number of methoxy groups -OCH3 is 1. The largest absolute Gasteiger partial charge is 0.497 e. The summed E-state index contributed by atoms with van der Waals surface area (Å²) >= 11 is 0. The molecule has 1 aromatic heterocycles. The van der Waals surface area contributed by atoms with Crippen LogP contribution in [0.4, 0.5) is 5.95 Å². The lowest BCUT2D eigenvalue weighted by molar-refractivity contribution is -0.134. The molecular formula is C28H35N5O4. The van der Waals surface area contributed by atoms with Crippen LogP contribution >= 0.6 is 0 Å². The Morgan fingerprint density at radius 2 is 1.78 bits per heavy atom. The number of ether oxygens (including phenoxy) is 2. The van der Waals surface area contributed by atoms with E-state index in [1.54, 1.807) is 12.0 Å². The Hall–Kier alpha value is -3.69. The first-order valence-electron chi connectivity index (χ1n) is 12.7. The predicted octanol–water partition coefficient (Wildman–Crippen LogP) is 3.37. The number of nitrogens with zero attached hydrogens (tertiary/aromatic N) is 4. The van der Waals surface area contributed by atoms with Crippen LogP contribution in [0.15, 0.2) is 54.7 Å². The molecule has 0 unspecified atom stereocenters. The summed E-state index contributed by atoms with van der Waals surface area (Å²) in [4.78, 5) is 34.4. The van der Waals surface area contributed by atoms with E-state index in [4.69, 9.17) is 14.5 Å². The fourth-order valence-electron chi connectivity index (χ4n) is 4.21. The average Bonchev–Trinajstić information content (AvgIpc) is 3.35. The highest BCUT2D eigenvalue weighted by Gasteiger charge is 2.20. The van der Waals surface area contributed by atoms with Gasteiger partial charge in [0.2, 0.25) is 17.8 Å². The van der Waals surface area contributed by atoms with Crippen LogP contribution in [0.3, 0.4) is 0 Å². The highest BCUT2D eigenvalue weighted by Crippen LogP contribution is 2.26. The summed E-state index contributed by atoms with van der Waals surface area (Å²) < 4.78 is 12.5. The zero-order valence-electron chi connectivity index (χ0n) is 21.8. The van der Waals surface area contributed by atoms with Crippen molar-refractivity contribution >= 4 is 17.8 Å². The Morgan fingerprint density at radius 1 is 1.08 bits per heavy atom. The second-order valence-electron chi connectivity index (χ2n) is 9.05. The van der Waals surface area contributed by atoms with Crippen LogP contribution < -0.4 is 10.1 Å². The van der Waals surface area contributed by atoms with Crippen LogP contribution in [0.25, 0.3) is 16.9 Å². The van der Waals surface area contributed by atoms with Gasteiger partial charge in [0, 0.05) is 50.0 Å². The van der Waals surface area contributed by atoms with E-state index in [2.05, 4.69) is 10.2 Å². The van der Waals surface area contributed by atoms with Gasteiger partial charge < -0.3 is 14.4 Å². The molecule has 0 atom stereocenters. The number of carbonyl (C=O) groups is 2. The summed E-state index contributed by atoms with van der Waals surface area (Å²) in [6.07, 6.45) is 2.24. The minimum Gasteiger partial charge on any atom is -0.497 e. The van der Waals surface area contributed by atoms with Crippen LogP contribution in [0.1, 0.15) is 18.9 Å². The molecule has 2 amide bonds. The Labute approximate surface area is 218 Å². The lowest BCUT2D eigenvalue weighted by Gasteiger charge is -2.29. The zero-order chi connectivity index (χ0) is 26.2. The van der Waals surface area contributed by atoms with Gasteiger partial charge in [-0.15, -0.1) is 0 Å². The molecule has 9 heteroatoms. The van der Waals surface area contributed by atoms with Crippen molar-refractivity contribution in [1.82, 2.24) is 19.4 Å². The molecule has 0 saturated carbocycles. The summed E-state index contributed by atoms with van der Waals surface area (Å²) in [6, 6.07) is 15.6. The third-order valence-electron chi connectivity index (χ3n) is 6.43. The van der Waals surface area contributed by atoms with Gasteiger partial charge >= 0.3 is 0 Å². The van der Waals surface area contributed by atoms with Gasteiger partial charge in [-0.3, -0.25) is 24.4 Å². The van der Waals surface area contributed by atoms with E-state index in [0.29, 0.717) is 44.4 Å². The van der Waals surface area contributed by atoms with Gasteiger partial charge in [-0.25, -0.2) is 4.98 Å². The fourth-order valence-corrected chi connectivity index (χ4v) is 4.21. The summed E-state index contributed by atoms with van der Waals surface area (Å²) in [5, 5.41) is 2.94. The molecule has 1 aliphatic rings. The third-order valence-corrected chi connectivity index (χ3v) is 6.43. The van der Waals surface area contributed by atoms with Crippen molar-refractivity contribution in [3.05, 3.63) is 60.3 Å². The highest BCUT2D eigenvalue weighted by atomic mass is 16.5. The maximum Gasteiger partial charge on any atom is 0.246 e. The van der Waals surface area contributed by atoms with Crippen LogP contribution in [-0.4, -0.2) is 84.2 Å². The lowest BCUT2D eigenvalue weighted by atomic mass is 10.1. The first kappa shape index (κ1) is 26.4. The molecule has 0 spiro atoms. The number of imidazole rings is 1. The minimum absolute atomic E-state index is 0.0321. The lowest BCUT2D eigenvalue weighted by Crippen LogP contribution is -2.45. The van der Waals surface area contributed by atoms with Crippen molar-refractivity contribution in [3.8, 4) is 22.7 Å². The predicted molar refractivity (Wildman–Crippen MR) is 143 cm³/mol. The van der Waals surface area contributed by atoms with E-state index in [1.807, 2.05) is 73.1 Å². The number of aromatic nitrogens is 2. The maximum atomic E-state index is 13.2. The first-order valence-corrected chi connectivity index (χ1v) is 12.7. The number of hydrogen-bond acceptors (Lipinski definition) is 6. The number of morpholine rings is 1. The molecule has 196 valence electrons. The molecule has 1 fully saturated rings. The molecule has 3 aromatic rings. The number of hydrogen-bond donors (Lipinski definition) is 1. The number of anilines is 1. The molecule has 9 nitrogen and oxygen atoms in total. The van der Waals surface area contributed by atoms with Crippen molar-refractivity contribution in [3.63, 3.8) is 0 Å². The highest BCUT2D eigenvalue weighted by molar-refractivity contribution is 5.93. The van der Waals surface area contributed by atoms with E-state index in [-0.39, 0.29) is 18.4 Å². The van der Waals surface area contributed by atoms with Gasteiger partial charge in [-0.05, 0) is 43.3 Å². The SMILES string of the molecule is CCC(=O)N(CCN1CCOCC1)CC(=O)Nc1nc(-c2ccc(OC)cc2)cn1-c1ccc(C)cc1. The number of carbonyl (C=O) groups excluding carboxylic acids is 2. The van der Waals surface area contributed by atoms with Crippen LogP contribution in [0, 0.1) is 6.92 Å². The molecule has 0 bridgehead atoms. The van der Waals surface area contributed by atoms with Crippen molar-refractivity contribution in [2.45, 2.75) is 20.3 Å². The standard InChI is InChI=1S/C28H35N5O4/c1-4-27(35)32(14-13-31-15-17-37-18-16-31)20-26(34)30-28-29-25(22-7-11-24(36-3)12-8-22)19-33(28)23-9-5-21(2)6-10-23/h5-12,19H,4,13-18,20H2,1-3H3,(H,29,30,34). The summed E-state index contributed by atoms with van der Waals surface area (Å²) in [5.74, 6) is 0.818. The second kappa shape index (κ2) is 12.5. The Balaban J connectivity index is 1.53. The summed E-state index contributed by atoms with van der Waals surface area (Å²) in [5.41, 5.74) is 3.63. The number of nitrogens with one attached hydrogen (secondary N) is 1. The van der Waals surface area contributed by atoms with Crippen molar-refractivity contribution in [2.75, 3.05) is 58.4 Å². The summed E-state index contributed by atoms with van der Waals surface area (Å²) in [6.45, 7) is 8.07. The monoisotopic (exact) mass is 505 g/mol. The van der Waals surface area contributed by atoms with Gasteiger partial charge in [0.1, 0.15) is 5.75 Å². The molecule has 4 rings (SSSR count). The van der Waals surface area contributed by atoms with E-state index >= 15 is 0 Å². The quantitative estimate of drug-likeness (QED) is 0.455. The van der Waals surface area contributed by atoms with Gasteiger partial charge in [-0.1, -0.05) is 24.6 Å². The van der Waals surface area contributed by atoms with Crippen molar-refractivity contribution in [1.29, 1.82) is 0 Å². The number of benzene rings is 2. The molecular weight excluding hydrogens is 470 g/mol. The van der Waals surface area contributed by atoms with Gasteiger partial charge in [-0.2, -0.15) is 0 Å². The molecule has 1 aliphatic heterocycles. The van der Waals surface area contributed by atoms with Crippen molar-refractivity contribution in [2.24, 2.45) is 0 Å². The second-order valence-corrected chi connectivity index (χ2v) is 9.05. The molecule has 1 N–H and O–H groups in total. The zero-order valence-corrected chi connectivity index (χ0v) is 21.8. The fraction of sp³-hybridized carbons (Fsp3) is 0.393. The van der Waals surface area contributed by atoms with Gasteiger partial charge in [0.25, 0.3) is 0 Å². The normalized spacial score (nSPS) is 13.8. The average molecular weight is 506 g/mol. The number of rotatable bonds is 10. The minimum atomic E-state index is -0.288. The molecule has 0 aliphatic carbocycles.